The first kappa shape index (κ1) is 25.0. The number of fused-ring (bicyclic) bond motifs is 2. The van der Waals surface area contributed by atoms with Gasteiger partial charge in [0.15, 0.2) is 5.82 Å². The first-order valence-electron chi connectivity index (χ1n) is 12.5. The third-order valence-electron chi connectivity index (χ3n) is 6.61. The molecule has 11 heteroatoms. The highest BCUT2D eigenvalue weighted by Gasteiger charge is 2.46. The third kappa shape index (κ3) is 4.18. The number of nitrogens with one attached hydrogen (secondary N) is 2. The smallest absolute Gasteiger partial charge is 0.345 e. The van der Waals surface area contributed by atoms with Gasteiger partial charge in [0.25, 0.3) is 5.79 Å². The number of ether oxygens (including phenoxy) is 2. The van der Waals surface area contributed by atoms with E-state index >= 15 is 0 Å². The van der Waals surface area contributed by atoms with Gasteiger partial charge in [-0.15, -0.1) is 11.3 Å². The lowest BCUT2D eigenvalue weighted by Gasteiger charge is -2.38. The molecule has 3 aromatic carbocycles. The maximum Gasteiger partial charge on any atom is 0.345 e. The Morgan fingerprint density at radius 1 is 1.02 bits per heavy atom. The fourth-order valence-corrected chi connectivity index (χ4v) is 6.45. The van der Waals surface area contributed by atoms with E-state index in [1.165, 1.54) is 0 Å². The minimum Gasteiger partial charge on any atom is -0.437 e. The van der Waals surface area contributed by atoms with Crippen molar-refractivity contribution in [2.75, 3.05) is 10.6 Å². The first-order valence-corrected chi connectivity index (χ1v) is 14.0. The molecule has 2 aromatic heterocycles. The van der Waals surface area contributed by atoms with Crippen molar-refractivity contribution in [1.29, 1.82) is 0 Å². The Labute approximate surface area is 243 Å². The number of halogens is 2. The number of aromatic nitrogens is 3. The van der Waals surface area contributed by atoms with Gasteiger partial charge in [-0.3, -0.25) is 0 Å². The van der Waals surface area contributed by atoms with Crippen LogP contribution in [0.1, 0.15) is 25.5 Å². The highest BCUT2D eigenvalue weighted by atomic mass is 35.5. The number of benzene rings is 3. The van der Waals surface area contributed by atoms with Crippen LogP contribution in [0.25, 0.3) is 20.8 Å². The van der Waals surface area contributed by atoms with Gasteiger partial charge in [-0.1, -0.05) is 59.6 Å². The van der Waals surface area contributed by atoms with E-state index in [1.54, 1.807) is 48.1 Å². The average Bonchev–Trinajstić information content (AvgIpc) is 3.48. The van der Waals surface area contributed by atoms with E-state index in [0.29, 0.717) is 27.2 Å². The zero-order valence-electron chi connectivity index (χ0n) is 21.2. The van der Waals surface area contributed by atoms with Crippen molar-refractivity contribution < 1.29 is 14.3 Å². The van der Waals surface area contributed by atoms with Crippen molar-refractivity contribution in [3.63, 3.8) is 0 Å². The number of hydrogen-bond acceptors (Lipinski definition) is 8. The normalized spacial score (nSPS) is 17.5. The summed E-state index contributed by atoms with van der Waals surface area (Å²) in [6.07, 6.45) is 0. The van der Waals surface area contributed by atoms with Gasteiger partial charge < -0.3 is 20.1 Å². The Morgan fingerprint density at radius 2 is 1.80 bits per heavy atom. The molecule has 7 rings (SSSR count). The second kappa shape index (κ2) is 9.26. The summed E-state index contributed by atoms with van der Waals surface area (Å²) < 4.78 is 14.6. The zero-order valence-corrected chi connectivity index (χ0v) is 23.6. The molecule has 1 unspecified atom stereocenters. The number of anilines is 3. The molecular weight excluding hydrogens is 569 g/mol. The third-order valence-corrected chi connectivity index (χ3v) is 8.23. The molecule has 1 atom stereocenters. The lowest BCUT2D eigenvalue weighted by molar-refractivity contribution is -0.207. The van der Waals surface area contributed by atoms with Crippen molar-refractivity contribution >= 4 is 68.0 Å². The van der Waals surface area contributed by atoms with E-state index in [1.807, 2.05) is 54.6 Å². The van der Waals surface area contributed by atoms with Gasteiger partial charge in [0, 0.05) is 35.1 Å². The van der Waals surface area contributed by atoms with E-state index in [0.717, 1.165) is 26.5 Å². The van der Waals surface area contributed by atoms with Crippen LogP contribution in [0.15, 0.2) is 84.3 Å². The number of cyclic esters (lactones) is 1. The van der Waals surface area contributed by atoms with Gasteiger partial charge in [0.05, 0.1) is 15.8 Å². The number of thiazole rings is 1. The summed E-state index contributed by atoms with van der Waals surface area (Å²) in [4.78, 5) is 18.4. The molecule has 2 N–H and O–H groups in total. The molecule has 0 amide bonds. The predicted molar refractivity (Wildman–Crippen MR) is 157 cm³/mol. The molecule has 0 fully saturated rings. The summed E-state index contributed by atoms with van der Waals surface area (Å²) in [5.74, 6) is -0.290. The molecule has 2 aliphatic rings. The summed E-state index contributed by atoms with van der Waals surface area (Å²) in [6.45, 7) is 3.37. The lowest BCUT2D eigenvalue weighted by atomic mass is 9.96. The number of hydrogen-bond donors (Lipinski definition) is 2. The molecule has 0 saturated carbocycles. The highest BCUT2D eigenvalue weighted by Crippen LogP contribution is 2.49. The number of carbonyl (C=O) groups excluding carboxylic acids is 1. The quantitative estimate of drug-likeness (QED) is 0.207. The van der Waals surface area contributed by atoms with Crippen LogP contribution in [-0.2, 0) is 14.3 Å². The van der Waals surface area contributed by atoms with Gasteiger partial charge >= 0.3 is 5.97 Å². The molecule has 40 heavy (non-hydrogen) atoms. The fourth-order valence-electron chi connectivity index (χ4n) is 4.93. The summed E-state index contributed by atoms with van der Waals surface area (Å²) in [5, 5.41) is 13.4. The van der Waals surface area contributed by atoms with E-state index in [4.69, 9.17) is 42.8 Å². The molecule has 0 saturated heterocycles. The summed E-state index contributed by atoms with van der Waals surface area (Å²) in [7, 11) is 0. The Kier molecular flexibility index (Phi) is 5.78. The van der Waals surface area contributed by atoms with E-state index in [2.05, 4.69) is 10.6 Å². The molecule has 8 nitrogen and oxygen atoms in total. The number of para-hydroxylation sites is 2. The van der Waals surface area contributed by atoms with Gasteiger partial charge in [-0.2, -0.15) is 5.10 Å². The maximum absolute atomic E-state index is 13.4. The molecule has 5 aromatic rings. The molecule has 0 aliphatic carbocycles. The Bertz CT molecular complexity index is 1810. The van der Waals surface area contributed by atoms with E-state index < -0.39 is 17.8 Å². The second-order valence-corrected chi connectivity index (χ2v) is 11.7. The number of carbonyl (C=O) groups is 1. The van der Waals surface area contributed by atoms with Crippen LogP contribution >= 0.6 is 34.5 Å². The average molecular weight is 590 g/mol. The second-order valence-electron chi connectivity index (χ2n) is 9.82. The lowest BCUT2D eigenvalue weighted by Crippen LogP contribution is -2.43. The van der Waals surface area contributed by atoms with Crippen LogP contribution in [-0.4, -0.2) is 26.5 Å². The van der Waals surface area contributed by atoms with Gasteiger partial charge in [-0.25, -0.2) is 14.5 Å². The molecular formula is C29H21Cl2N5O3S. The van der Waals surface area contributed by atoms with Crippen LogP contribution in [0.3, 0.4) is 0 Å². The van der Waals surface area contributed by atoms with Crippen LogP contribution in [0.5, 0.6) is 0 Å². The standard InChI is InChI=1S/C29H21Cl2N5O3S/c1-29(2)38-26-21(28(37)39-29)23(17-13-12-15(30)14-18(17)31)36-25(34-26)22(24(35-36)32-16-8-4-3-5-9-16)27-33-19-10-6-7-11-20(19)40-27/h3-14,23,34H,1-2H3,(H,32,35). The van der Waals surface area contributed by atoms with Crippen LogP contribution < -0.4 is 10.6 Å². The van der Waals surface area contributed by atoms with Gasteiger partial charge in [0.2, 0.25) is 5.88 Å². The van der Waals surface area contributed by atoms with Gasteiger partial charge in [0.1, 0.15) is 22.4 Å². The highest BCUT2D eigenvalue weighted by molar-refractivity contribution is 7.21. The number of nitrogens with zero attached hydrogens (tertiary/aromatic N) is 3. The van der Waals surface area contributed by atoms with Crippen LogP contribution in [0.2, 0.25) is 10.0 Å². The minimum absolute atomic E-state index is 0.251. The Morgan fingerprint density at radius 3 is 2.58 bits per heavy atom. The maximum atomic E-state index is 13.4. The summed E-state index contributed by atoms with van der Waals surface area (Å²) in [6, 6.07) is 22.1. The number of esters is 1. The van der Waals surface area contributed by atoms with E-state index in [-0.39, 0.29) is 11.5 Å². The molecule has 0 radical (unpaired) electrons. The first-order chi connectivity index (χ1) is 19.3. The molecule has 4 heterocycles. The van der Waals surface area contributed by atoms with Crippen LogP contribution in [0.4, 0.5) is 17.3 Å². The van der Waals surface area contributed by atoms with Gasteiger partial charge in [-0.05, 0) is 36.4 Å². The number of rotatable bonds is 4. The predicted octanol–water partition coefficient (Wildman–Crippen LogP) is 7.75. The topological polar surface area (TPSA) is 90.3 Å². The Balaban J connectivity index is 1.50. The summed E-state index contributed by atoms with van der Waals surface area (Å²) >= 11 is 14.5. The van der Waals surface area contributed by atoms with E-state index in [9.17, 15) is 4.79 Å². The van der Waals surface area contributed by atoms with Crippen molar-refractivity contribution in [1.82, 2.24) is 14.8 Å². The molecule has 200 valence electrons. The van der Waals surface area contributed by atoms with Crippen molar-refractivity contribution in [3.8, 4) is 10.6 Å². The Hall–Kier alpha value is -4.05. The molecule has 0 bridgehead atoms. The van der Waals surface area contributed by atoms with Crippen molar-refractivity contribution in [2.45, 2.75) is 25.7 Å². The zero-order chi connectivity index (χ0) is 27.6. The minimum atomic E-state index is -1.18. The fraction of sp³-hybridized carbons (Fsp3) is 0.138. The monoisotopic (exact) mass is 589 g/mol. The largest absolute Gasteiger partial charge is 0.437 e. The van der Waals surface area contributed by atoms with Crippen LogP contribution in [0, 0.1) is 0 Å². The van der Waals surface area contributed by atoms with Crippen molar-refractivity contribution in [2.24, 2.45) is 0 Å². The molecule has 2 aliphatic heterocycles. The SMILES string of the molecule is CC1(C)OC(=O)C2=C(Nc3c(-c4nc5ccccc5s4)c(Nc4ccccc4)nn3C2c2ccc(Cl)cc2Cl)O1. The molecule has 0 spiro atoms. The van der Waals surface area contributed by atoms with Crippen molar-refractivity contribution in [3.05, 3.63) is 99.9 Å². The summed E-state index contributed by atoms with van der Waals surface area (Å²) in [5.41, 5.74) is 3.31.